The highest BCUT2D eigenvalue weighted by atomic mass is 35.5. The molecule has 4 rings (SSSR count). The van der Waals surface area contributed by atoms with Gasteiger partial charge in [-0.2, -0.15) is 5.26 Å². The van der Waals surface area contributed by atoms with Gasteiger partial charge in [-0.3, -0.25) is 0 Å². The van der Waals surface area contributed by atoms with Crippen LogP contribution in [0.15, 0.2) is 84.9 Å². The zero-order valence-corrected chi connectivity index (χ0v) is 15.8. The first-order chi connectivity index (χ1) is 13.1. The fourth-order valence-electron chi connectivity index (χ4n) is 3.25. The second-order valence-electron chi connectivity index (χ2n) is 6.39. The maximum Gasteiger partial charge on any atom is 0.144 e. The van der Waals surface area contributed by atoms with Crippen molar-refractivity contribution in [1.29, 1.82) is 5.26 Å². The third kappa shape index (κ3) is 3.50. The van der Waals surface area contributed by atoms with E-state index in [1.54, 1.807) is 12.1 Å². The van der Waals surface area contributed by atoms with E-state index in [9.17, 15) is 5.26 Å². The molecule has 1 aliphatic rings. The van der Waals surface area contributed by atoms with Gasteiger partial charge in [0, 0.05) is 10.0 Å². The number of nitriles is 1. The molecule has 0 unspecified atom stereocenters. The zero-order valence-electron chi connectivity index (χ0n) is 14.3. The Kier molecular flexibility index (Phi) is 4.76. The molecule has 0 aliphatic carbocycles. The molecule has 2 atom stereocenters. The Morgan fingerprint density at radius 2 is 1.48 bits per heavy atom. The van der Waals surface area contributed by atoms with Gasteiger partial charge < -0.3 is 4.74 Å². The second-order valence-corrected chi connectivity index (χ2v) is 7.26. The lowest BCUT2D eigenvalue weighted by Crippen LogP contribution is -2.07. The minimum absolute atomic E-state index is 0.173. The molecule has 0 saturated carbocycles. The van der Waals surface area contributed by atoms with Crippen LogP contribution in [0.4, 0.5) is 0 Å². The van der Waals surface area contributed by atoms with Gasteiger partial charge in [-0.1, -0.05) is 77.8 Å². The van der Waals surface area contributed by atoms with Crippen molar-refractivity contribution in [3.05, 3.63) is 112 Å². The molecule has 0 radical (unpaired) electrons. The average molecular weight is 392 g/mol. The lowest BCUT2D eigenvalue weighted by atomic mass is 9.88. The van der Waals surface area contributed by atoms with Crippen molar-refractivity contribution < 1.29 is 4.74 Å². The summed E-state index contributed by atoms with van der Waals surface area (Å²) in [7, 11) is 0. The van der Waals surface area contributed by atoms with E-state index in [4.69, 9.17) is 27.9 Å². The molecule has 0 amide bonds. The van der Waals surface area contributed by atoms with Crippen LogP contribution >= 0.6 is 23.2 Å². The first kappa shape index (κ1) is 17.8. The van der Waals surface area contributed by atoms with Crippen molar-refractivity contribution in [3.63, 3.8) is 0 Å². The number of epoxide rings is 1. The van der Waals surface area contributed by atoms with Gasteiger partial charge in [0.25, 0.3) is 0 Å². The van der Waals surface area contributed by atoms with Gasteiger partial charge in [-0.05, 0) is 47.0 Å². The highest BCUT2D eigenvalue weighted by molar-refractivity contribution is 6.30. The summed E-state index contributed by atoms with van der Waals surface area (Å²) in [6.07, 6.45) is 1.73. The maximum absolute atomic E-state index is 9.76. The molecular formula is C23H15Cl2NO. The molecule has 132 valence electrons. The monoisotopic (exact) mass is 391 g/mol. The number of benzene rings is 3. The first-order valence-corrected chi connectivity index (χ1v) is 9.26. The Bertz CT molecular complexity index is 1020. The van der Waals surface area contributed by atoms with E-state index in [0.29, 0.717) is 15.6 Å². The predicted octanol–water partition coefficient (Wildman–Crippen LogP) is 6.57. The molecule has 27 heavy (non-hydrogen) atoms. The zero-order chi connectivity index (χ0) is 18.9. The summed E-state index contributed by atoms with van der Waals surface area (Å²) < 4.78 is 6.20. The van der Waals surface area contributed by atoms with Crippen molar-refractivity contribution in [2.24, 2.45) is 0 Å². The Morgan fingerprint density at radius 1 is 0.889 bits per heavy atom. The molecule has 3 aromatic carbocycles. The molecule has 2 nitrogen and oxygen atoms in total. The fourth-order valence-corrected chi connectivity index (χ4v) is 3.50. The number of allylic oxidation sites excluding steroid dienone is 1. The maximum atomic E-state index is 9.76. The van der Waals surface area contributed by atoms with E-state index in [1.165, 1.54) is 0 Å². The van der Waals surface area contributed by atoms with Crippen molar-refractivity contribution in [2.45, 2.75) is 11.7 Å². The van der Waals surface area contributed by atoms with E-state index < -0.39 is 5.60 Å². The summed E-state index contributed by atoms with van der Waals surface area (Å²) in [6.45, 7) is 0. The SMILES string of the molecule is N#C/C(=C\[C@]1(c2ccccc2)O[C@@H]1c1ccc(Cl)cc1)c1ccc(Cl)cc1. The molecular weight excluding hydrogens is 377 g/mol. The predicted molar refractivity (Wildman–Crippen MR) is 108 cm³/mol. The third-order valence-electron chi connectivity index (χ3n) is 4.68. The van der Waals surface area contributed by atoms with Crippen LogP contribution in [0.2, 0.25) is 10.0 Å². The van der Waals surface area contributed by atoms with Crippen LogP contribution in [0.5, 0.6) is 0 Å². The molecule has 3 aromatic rings. The van der Waals surface area contributed by atoms with Gasteiger partial charge in [-0.25, -0.2) is 0 Å². The lowest BCUT2D eigenvalue weighted by molar-refractivity contribution is 0.335. The quantitative estimate of drug-likeness (QED) is 0.372. The number of halogens is 2. The largest absolute Gasteiger partial charge is 0.351 e. The second kappa shape index (κ2) is 7.21. The van der Waals surface area contributed by atoms with Crippen LogP contribution in [0.1, 0.15) is 22.8 Å². The average Bonchev–Trinajstić information content (AvgIpc) is 3.44. The smallest absolute Gasteiger partial charge is 0.144 e. The van der Waals surface area contributed by atoms with Crippen molar-refractivity contribution >= 4 is 28.8 Å². The van der Waals surface area contributed by atoms with Crippen LogP contribution in [-0.2, 0) is 10.3 Å². The Hall–Kier alpha value is -2.57. The van der Waals surface area contributed by atoms with Crippen LogP contribution < -0.4 is 0 Å². The number of hydrogen-bond acceptors (Lipinski definition) is 2. The van der Waals surface area contributed by atoms with E-state index in [2.05, 4.69) is 6.07 Å². The van der Waals surface area contributed by atoms with E-state index in [1.807, 2.05) is 72.8 Å². The van der Waals surface area contributed by atoms with E-state index >= 15 is 0 Å². The van der Waals surface area contributed by atoms with Gasteiger partial charge in [0.2, 0.25) is 0 Å². The van der Waals surface area contributed by atoms with Gasteiger partial charge >= 0.3 is 0 Å². The molecule has 0 spiro atoms. The molecule has 0 N–H and O–H groups in total. The van der Waals surface area contributed by atoms with E-state index in [-0.39, 0.29) is 6.10 Å². The summed E-state index contributed by atoms with van der Waals surface area (Å²) >= 11 is 12.0. The molecule has 1 saturated heterocycles. The number of nitrogens with zero attached hydrogens (tertiary/aromatic N) is 1. The van der Waals surface area contributed by atoms with Gasteiger partial charge in [0.1, 0.15) is 11.7 Å². The standard InChI is InChI=1S/C23H15Cl2NO/c24-20-10-6-16(7-11-20)18(15-26)14-23(19-4-2-1-3-5-19)22(27-23)17-8-12-21(25)13-9-17/h1-14,22H/b18-14+/t22-,23-/m1/s1. The van der Waals surface area contributed by atoms with Crippen LogP contribution in [-0.4, -0.2) is 0 Å². The number of rotatable bonds is 4. The Balaban J connectivity index is 1.79. The molecule has 1 fully saturated rings. The topological polar surface area (TPSA) is 36.3 Å². The van der Waals surface area contributed by atoms with Gasteiger partial charge in [0.15, 0.2) is 0 Å². The Morgan fingerprint density at radius 3 is 2.07 bits per heavy atom. The first-order valence-electron chi connectivity index (χ1n) is 8.50. The third-order valence-corrected chi connectivity index (χ3v) is 5.18. The van der Waals surface area contributed by atoms with Crippen LogP contribution in [0.3, 0.4) is 0 Å². The molecule has 0 bridgehead atoms. The van der Waals surface area contributed by atoms with Crippen LogP contribution in [0.25, 0.3) is 5.57 Å². The van der Waals surface area contributed by atoms with Gasteiger partial charge in [-0.15, -0.1) is 0 Å². The summed E-state index contributed by atoms with van der Waals surface area (Å²) in [5.41, 5.74) is 2.70. The fraction of sp³-hybridized carbons (Fsp3) is 0.0870. The summed E-state index contributed by atoms with van der Waals surface area (Å²) in [5.74, 6) is 0. The van der Waals surface area contributed by atoms with Crippen LogP contribution in [0, 0.1) is 11.3 Å². The minimum Gasteiger partial charge on any atom is -0.351 e. The highest BCUT2D eigenvalue weighted by Gasteiger charge is 2.57. The number of hydrogen-bond donors (Lipinski definition) is 0. The van der Waals surface area contributed by atoms with Gasteiger partial charge in [0.05, 0.1) is 11.6 Å². The summed E-state index contributed by atoms with van der Waals surface area (Å²) in [4.78, 5) is 0. The summed E-state index contributed by atoms with van der Waals surface area (Å²) in [5, 5.41) is 11.1. The Labute approximate surface area is 168 Å². The molecule has 1 aliphatic heterocycles. The number of ether oxygens (including phenoxy) is 1. The van der Waals surface area contributed by atoms with E-state index in [0.717, 1.165) is 16.7 Å². The van der Waals surface area contributed by atoms with Crippen molar-refractivity contribution in [2.75, 3.05) is 0 Å². The van der Waals surface area contributed by atoms with Crippen molar-refractivity contribution in [3.8, 4) is 6.07 Å². The minimum atomic E-state index is -0.681. The highest BCUT2D eigenvalue weighted by Crippen LogP contribution is 2.59. The summed E-state index contributed by atoms with van der Waals surface area (Å²) in [6, 6.07) is 27.1. The lowest BCUT2D eigenvalue weighted by Gasteiger charge is -2.11. The van der Waals surface area contributed by atoms with Crippen molar-refractivity contribution in [1.82, 2.24) is 0 Å². The molecule has 1 heterocycles. The normalized spacial score (nSPS) is 21.5. The molecule has 0 aromatic heterocycles. The molecule has 4 heteroatoms.